The molecule has 1 radical (unpaired) electrons. The zero-order chi connectivity index (χ0) is 16.3. The zero-order valence-corrected chi connectivity index (χ0v) is 16.9. The van der Waals surface area contributed by atoms with Crippen molar-refractivity contribution in [1.82, 2.24) is 0 Å². The first-order chi connectivity index (χ1) is 10.8. The Morgan fingerprint density at radius 2 is 0.727 bits per heavy atom. The molecule has 0 saturated carbocycles. The van der Waals surface area contributed by atoms with Gasteiger partial charge in [-0.3, -0.25) is 0 Å². The molecule has 0 aromatic rings. The van der Waals surface area contributed by atoms with Crippen molar-refractivity contribution in [2.45, 2.75) is 129 Å². The van der Waals surface area contributed by atoms with Crippen molar-refractivity contribution in [3.8, 4) is 0 Å². The fraction of sp³-hybridized carbons (Fsp3) is 1.00. The van der Waals surface area contributed by atoms with Gasteiger partial charge in [0.2, 0.25) is 9.04 Å². The molecule has 0 unspecified atom stereocenters. The standard InChI is InChI=1S/C20H43OSi/c1-3-5-7-9-11-13-15-17-19-22(21)20-18-16-14-12-10-8-6-4-2/h22H,3-20H2,1-2H3. The maximum atomic E-state index is 12.0. The van der Waals surface area contributed by atoms with E-state index in [1.807, 2.05) is 0 Å². The second kappa shape index (κ2) is 19.2. The Labute approximate surface area is 143 Å². The molecule has 0 aromatic heterocycles. The second-order valence-corrected chi connectivity index (χ2v) is 9.55. The van der Waals surface area contributed by atoms with E-state index in [-0.39, 0.29) is 0 Å². The first kappa shape index (κ1) is 22.2. The Morgan fingerprint density at radius 3 is 1.05 bits per heavy atom. The Hall–Kier alpha value is 0.177. The molecule has 133 valence electrons. The average molecular weight is 328 g/mol. The van der Waals surface area contributed by atoms with Gasteiger partial charge in [-0.15, -0.1) is 0 Å². The molecule has 0 atom stereocenters. The smallest absolute Gasteiger partial charge is 0.222 e. The molecule has 0 saturated heterocycles. The van der Waals surface area contributed by atoms with Gasteiger partial charge in [-0.25, -0.2) is 0 Å². The maximum absolute atomic E-state index is 12.0. The minimum Gasteiger partial charge on any atom is -0.302 e. The fourth-order valence-electron chi connectivity index (χ4n) is 3.16. The van der Waals surface area contributed by atoms with Crippen molar-refractivity contribution in [3.63, 3.8) is 0 Å². The largest absolute Gasteiger partial charge is 0.302 e. The lowest BCUT2D eigenvalue weighted by Gasteiger charge is -2.06. The molecule has 0 spiro atoms. The number of rotatable bonds is 18. The molecule has 0 bridgehead atoms. The fourth-order valence-corrected chi connectivity index (χ4v) is 4.93. The van der Waals surface area contributed by atoms with Gasteiger partial charge in [-0.1, -0.05) is 117 Å². The van der Waals surface area contributed by atoms with Crippen LogP contribution in [0.3, 0.4) is 0 Å². The average Bonchev–Trinajstić information content (AvgIpc) is 2.52. The van der Waals surface area contributed by atoms with Gasteiger partial charge < -0.3 is 4.80 Å². The molecule has 0 fully saturated rings. The topological polar surface area (TPSA) is 19.9 Å². The van der Waals surface area contributed by atoms with Gasteiger partial charge in [-0.2, -0.15) is 0 Å². The van der Waals surface area contributed by atoms with Crippen molar-refractivity contribution in [2.24, 2.45) is 0 Å². The van der Waals surface area contributed by atoms with Crippen LogP contribution >= 0.6 is 0 Å². The minimum atomic E-state index is -1.59. The van der Waals surface area contributed by atoms with E-state index in [2.05, 4.69) is 13.8 Å². The van der Waals surface area contributed by atoms with Gasteiger partial charge in [-0.05, 0) is 12.1 Å². The minimum absolute atomic E-state index is 1.06. The van der Waals surface area contributed by atoms with Crippen molar-refractivity contribution >= 4 is 9.04 Å². The van der Waals surface area contributed by atoms with Crippen LogP contribution in [0, 0.1) is 0 Å². The molecule has 22 heavy (non-hydrogen) atoms. The lowest BCUT2D eigenvalue weighted by Crippen LogP contribution is -2.08. The van der Waals surface area contributed by atoms with E-state index in [4.69, 9.17) is 0 Å². The molecular weight excluding hydrogens is 284 g/mol. The van der Waals surface area contributed by atoms with E-state index in [1.165, 1.54) is 103 Å². The summed E-state index contributed by atoms with van der Waals surface area (Å²) < 4.78 is 0. The quantitative estimate of drug-likeness (QED) is 0.184. The summed E-state index contributed by atoms with van der Waals surface area (Å²) in [6.07, 6.45) is 21.7. The first-order valence-corrected chi connectivity index (χ1v) is 12.6. The highest BCUT2D eigenvalue weighted by molar-refractivity contribution is 6.49. The van der Waals surface area contributed by atoms with Gasteiger partial charge in [0.25, 0.3) is 0 Å². The monoisotopic (exact) mass is 327 g/mol. The van der Waals surface area contributed by atoms with E-state index in [0.29, 0.717) is 0 Å². The normalized spacial score (nSPS) is 11.5. The Balaban J connectivity index is 3.11. The van der Waals surface area contributed by atoms with Crippen LogP contribution in [0.1, 0.15) is 117 Å². The summed E-state index contributed by atoms with van der Waals surface area (Å²) >= 11 is 0. The van der Waals surface area contributed by atoms with Crippen LogP contribution in [0.2, 0.25) is 12.1 Å². The van der Waals surface area contributed by atoms with Gasteiger partial charge in [0.05, 0.1) is 0 Å². The molecule has 0 amide bonds. The predicted octanol–water partition coefficient (Wildman–Crippen LogP) is 7.42. The molecule has 0 heterocycles. The van der Waals surface area contributed by atoms with Crippen molar-refractivity contribution in [1.29, 1.82) is 0 Å². The van der Waals surface area contributed by atoms with Gasteiger partial charge in [0.15, 0.2) is 0 Å². The van der Waals surface area contributed by atoms with Crippen molar-refractivity contribution < 1.29 is 4.80 Å². The summed E-state index contributed by atoms with van der Waals surface area (Å²) in [5, 5.41) is 0. The highest BCUT2D eigenvalue weighted by Gasteiger charge is 2.08. The molecule has 0 aliphatic carbocycles. The van der Waals surface area contributed by atoms with Crippen LogP contribution in [0.5, 0.6) is 0 Å². The van der Waals surface area contributed by atoms with Crippen LogP contribution in [0.15, 0.2) is 0 Å². The summed E-state index contributed by atoms with van der Waals surface area (Å²) in [7, 11) is -1.59. The summed E-state index contributed by atoms with van der Waals surface area (Å²) in [6, 6.07) is 2.12. The van der Waals surface area contributed by atoms with E-state index >= 15 is 0 Å². The third-order valence-corrected chi connectivity index (χ3v) is 6.86. The zero-order valence-electron chi connectivity index (χ0n) is 15.7. The summed E-state index contributed by atoms with van der Waals surface area (Å²) in [4.78, 5) is 12.0. The summed E-state index contributed by atoms with van der Waals surface area (Å²) in [5.41, 5.74) is 0. The molecule has 2 heteroatoms. The van der Waals surface area contributed by atoms with Crippen LogP contribution in [0.4, 0.5) is 0 Å². The second-order valence-electron chi connectivity index (χ2n) is 7.15. The predicted molar refractivity (Wildman–Crippen MR) is 103 cm³/mol. The highest BCUT2D eigenvalue weighted by atomic mass is 28.3. The van der Waals surface area contributed by atoms with E-state index in [0.717, 1.165) is 12.1 Å². The molecule has 0 N–H and O–H groups in total. The van der Waals surface area contributed by atoms with Gasteiger partial charge in [0.1, 0.15) is 0 Å². The molecule has 0 aliphatic heterocycles. The van der Waals surface area contributed by atoms with E-state index < -0.39 is 9.04 Å². The number of hydrogen-bond donors (Lipinski definition) is 0. The number of unbranched alkanes of at least 4 members (excludes halogenated alkanes) is 14. The third-order valence-electron chi connectivity index (χ3n) is 4.76. The van der Waals surface area contributed by atoms with Gasteiger partial charge >= 0.3 is 0 Å². The Morgan fingerprint density at radius 1 is 0.455 bits per heavy atom. The SMILES string of the molecule is CCCCCCCCCC[SiH]([O])CCCCCCCCCC. The lowest BCUT2D eigenvalue weighted by atomic mass is 10.1. The molecule has 0 aromatic carbocycles. The van der Waals surface area contributed by atoms with Crippen LogP contribution in [-0.2, 0) is 4.80 Å². The third kappa shape index (κ3) is 18.2. The molecular formula is C20H43OSi. The Bertz CT molecular complexity index is 176. The van der Waals surface area contributed by atoms with Crippen LogP contribution in [-0.4, -0.2) is 9.04 Å². The molecule has 1 nitrogen and oxygen atoms in total. The summed E-state index contributed by atoms with van der Waals surface area (Å²) in [6.45, 7) is 4.54. The van der Waals surface area contributed by atoms with E-state index in [9.17, 15) is 4.80 Å². The van der Waals surface area contributed by atoms with E-state index in [1.54, 1.807) is 0 Å². The van der Waals surface area contributed by atoms with Crippen LogP contribution < -0.4 is 0 Å². The van der Waals surface area contributed by atoms with Gasteiger partial charge in [0, 0.05) is 0 Å². The lowest BCUT2D eigenvalue weighted by molar-refractivity contribution is 0.435. The Kier molecular flexibility index (Phi) is 19.4. The molecule has 0 rings (SSSR count). The van der Waals surface area contributed by atoms with Crippen molar-refractivity contribution in [2.75, 3.05) is 0 Å². The molecule has 0 aliphatic rings. The number of hydrogen-bond acceptors (Lipinski definition) is 0. The summed E-state index contributed by atoms with van der Waals surface area (Å²) in [5.74, 6) is 0. The van der Waals surface area contributed by atoms with Crippen LogP contribution in [0.25, 0.3) is 0 Å². The maximum Gasteiger partial charge on any atom is 0.222 e. The van der Waals surface area contributed by atoms with Crippen molar-refractivity contribution in [3.05, 3.63) is 0 Å². The first-order valence-electron chi connectivity index (χ1n) is 10.5. The highest BCUT2D eigenvalue weighted by Crippen LogP contribution is 2.15.